The fourth-order valence-electron chi connectivity index (χ4n) is 3.43. The van der Waals surface area contributed by atoms with Gasteiger partial charge in [0.2, 0.25) is 0 Å². The van der Waals surface area contributed by atoms with Gasteiger partial charge in [-0.25, -0.2) is 4.39 Å². The molecule has 2 aromatic rings. The Morgan fingerprint density at radius 2 is 1.93 bits per heavy atom. The summed E-state index contributed by atoms with van der Waals surface area (Å²) in [6.45, 7) is 1.97. The first-order valence-electron chi connectivity index (χ1n) is 9.50. The average Bonchev–Trinajstić information content (AvgIpc) is 2.70. The Morgan fingerprint density at radius 3 is 2.62 bits per heavy atom. The molecule has 1 fully saturated rings. The Labute approximate surface area is 179 Å². The highest BCUT2D eigenvalue weighted by Crippen LogP contribution is 2.35. The van der Waals surface area contributed by atoms with Crippen LogP contribution in [-0.2, 0) is 0 Å². The van der Waals surface area contributed by atoms with E-state index in [2.05, 4.69) is 4.90 Å². The van der Waals surface area contributed by atoms with Crippen LogP contribution in [0.15, 0.2) is 36.4 Å². The van der Waals surface area contributed by atoms with Gasteiger partial charge in [-0.3, -0.25) is 0 Å². The molecule has 1 saturated heterocycles. The van der Waals surface area contributed by atoms with Crippen molar-refractivity contribution in [3.8, 4) is 16.9 Å². The smallest absolute Gasteiger partial charge is 0.127 e. The molecule has 0 radical (unpaired) electrons. The van der Waals surface area contributed by atoms with E-state index >= 15 is 0 Å². The van der Waals surface area contributed by atoms with Gasteiger partial charge in [0.25, 0.3) is 0 Å². The SMILES string of the molecule is NCC1(O)CCN(CC(O)COc2cc(F)cc(-c3cccc(Cl)c3Cl)c2)CC1. The number of hydrogen-bond donors (Lipinski definition) is 3. The first-order valence-corrected chi connectivity index (χ1v) is 10.3. The molecule has 0 bridgehead atoms. The van der Waals surface area contributed by atoms with Crippen molar-refractivity contribution in [2.75, 3.05) is 32.8 Å². The monoisotopic (exact) mass is 442 g/mol. The van der Waals surface area contributed by atoms with Crippen LogP contribution in [0, 0.1) is 5.82 Å². The minimum Gasteiger partial charge on any atom is -0.491 e. The summed E-state index contributed by atoms with van der Waals surface area (Å²) in [5.74, 6) is -0.175. The largest absolute Gasteiger partial charge is 0.491 e. The van der Waals surface area contributed by atoms with Gasteiger partial charge >= 0.3 is 0 Å². The van der Waals surface area contributed by atoms with Crippen molar-refractivity contribution < 1.29 is 19.3 Å². The first kappa shape index (κ1) is 22.3. The van der Waals surface area contributed by atoms with Crippen molar-refractivity contribution >= 4 is 23.2 Å². The Bertz CT molecular complexity index is 845. The van der Waals surface area contributed by atoms with Crippen molar-refractivity contribution in [3.63, 3.8) is 0 Å². The molecule has 5 nitrogen and oxygen atoms in total. The molecule has 0 aromatic heterocycles. The summed E-state index contributed by atoms with van der Waals surface area (Å²) in [5.41, 5.74) is 5.93. The minimum atomic E-state index is -0.808. The Hall–Kier alpha value is -1.41. The minimum absolute atomic E-state index is 0.0177. The lowest BCUT2D eigenvalue weighted by Crippen LogP contribution is -2.50. The van der Waals surface area contributed by atoms with E-state index in [1.807, 2.05) is 0 Å². The molecule has 2 aromatic carbocycles. The average molecular weight is 443 g/mol. The third-order valence-electron chi connectivity index (χ3n) is 5.21. The number of benzene rings is 2. The number of ether oxygens (including phenoxy) is 1. The molecule has 1 unspecified atom stereocenters. The zero-order valence-electron chi connectivity index (χ0n) is 16.0. The van der Waals surface area contributed by atoms with E-state index in [1.165, 1.54) is 12.1 Å². The molecule has 158 valence electrons. The van der Waals surface area contributed by atoms with Crippen LogP contribution in [0.2, 0.25) is 10.0 Å². The van der Waals surface area contributed by atoms with Gasteiger partial charge in [0.15, 0.2) is 0 Å². The second kappa shape index (κ2) is 9.60. The maximum atomic E-state index is 14.1. The van der Waals surface area contributed by atoms with Gasteiger partial charge in [0, 0.05) is 37.8 Å². The molecule has 4 N–H and O–H groups in total. The molecule has 1 aliphatic rings. The molecule has 0 saturated carbocycles. The quantitative estimate of drug-likeness (QED) is 0.612. The lowest BCUT2D eigenvalue weighted by molar-refractivity contribution is -0.0265. The van der Waals surface area contributed by atoms with Crippen LogP contribution in [-0.4, -0.2) is 59.6 Å². The summed E-state index contributed by atoms with van der Waals surface area (Å²) in [6.07, 6.45) is 0.399. The van der Waals surface area contributed by atoms with Crippen molar-refractivity contribution in [2.45, 2.75) is 24.5 Å². The second-order valence-electron chi connectivity index (χ2n) is 7.47. The zero-order chi connectivity index (χ0) is 21.0. The van der Waals surface area contributed by atoms with Gasteiger partial charge < -0.3 is 25.6 Å². The van der Waals surface area contributed by atoms with E-state index < -0.39 is 17.5 Å². The number of piperidine rings is 1. The van der Waals surface area contributed by atoms with Crippen LogP contribution in [0.3, 0.4) is 0 Å². The summed E-state index contributed by atoms with van der Waals surface area (Å²) in [4.78, 5) is 2.06. The molecule has 29 heavy (non-hydrogen) atoms. The molecular weight excluding hydrogens is 418 g/mol. The van der Waals surface area contributed by atoms with Crippen LogP contribution in [0.25, 0.3) is 11.1 Å². The lowest BCUT2D eigenvalue weighted by atomic mass is 9.91. The molecule has 1 aliphatic heterocycles. The first-order chi connectivity index (χ1) is 13.8. The summed E-state index contributed by atoms with van der Waals surface area (Å²) in [5, 5.41) is 21.2. The number of rotatable bonds is 7. The van der Waals surface area contributed by atoms with Crippen molar-refractivity contribution in [1.82, 2.24) is 4.90 Å². The molecule has 0 amide bonds. The van der Waals surface area contributed by atoms with Crippen molar-refractivity contribution in [2.24, 2.45) is 5.73 Å². The molecule has 1 heterocycles. The highest BCUT2D eigenvalue weighted by molar-refractivity contribution is 6.43. The van der Waals surface area contributed by atoms with Crippen LogP contribution in [0.1, 0.15) is 12.8 Å². The summed E-state index contributed by atoms with van der Waals surface area (Å²) < 4.78 is 19.7. The predicted octanol–water partition coefficient (Wildman–Crippen LogP) is 3.32. The van der Waals surface area contributed by atoms with Crippen molar-refractivity contribution in [1.29, 1.82) is 0 Å². The number of halogens is 3. The van der Waals surface area contributed by atoms with E-state index in [1.54, 1.807) is 24.3 Å². The van der Waals surface area contributed by atoms with E-state index in [0.29, 0.717) is 59.4 Å². The van der Waals surface area contributed by atoms with Gasteiger partial charge in [0.1, 0.15) is 24.3 Å². The van der Waals surface area contributed by atoms with Crippen LogP contribution in [0.5, 0.6) is 5.75 Å². The van der Waals surface area contributed by atoms with E-state index in [-0.39, 0.29) is 13.2 Å². The maximum absolute atomic E-state index is 14.1. The standard InChI is InChI=1S/C21H25Cl2FN2O3/c22-19-3-1-2-18(20(19)23)14-8-15(24)10-17(9-14)29-12-16(27)11-26-6-4-21(28,13-25)5-7-26/h1-3,8-10,16,27-28H,4-7,11-13,25H2. The van der Waals surface area contributed by atoms with Gasteiger partial charge in [-0.1, -0.05) is 35.3 Å². The van der Waals surface area contributed by atoms with Crippen LogP contribution in [0.4, 0.5) is 4.39 Å². The maximum Gasteiger partial charge on any atom is 0.127 e. The topological polar surface area (TPSA) is 79.0 Å². The molecule has 3 rings (SSSR count). The normalized spacial score (nSPS) is 17.9. The highest BCUT2D eigenvalue weighted by atomic mass is 35.5. The van der Waals surface area contributed by atoms with E-state index in [4.69, 9.17) is 33.7 Å². The second-order valence-corrected chi connectivity index (χ2v) is 8.26. The Kier molecular flexibility index (Phi) is 7.37. The fraction of sp³-hybridized carbons (Fsp3) is 0.429. The lowest BCUT2D eigenvalue weighted by Gasteiger charge is -2.38. The Balaban J connectivity index is 1.59. The van der Waals surface area contributed by atoms with Gasteiger partial charge in [-0.15, -0.1) is 0 Å². The zero-order valence-corrected chi connectivity index (χ0v) is 17.5. The van der Waals surface area contributed by atoms with Gasteiger partial charge in [-0.05, 0) is 36.6 Å². The number of nitrogens with zero attached hydrogens (tertiary/aromatic N) is 1. The summed E-state index contributed by atoms with van der Waals surface area (Å²) in [6, 6.07) is 9.43. The molecular formula is C21H25Cl2FN2O3. The number of hydrogen-bond acceptors (Lipinski definition) is 5. The van der Waals surface area contributed by atoms with Crippen molar-refractivity contribution in [3.05, 3.63) is 52.3 Å². The molecule has 1 atom stereocenters. The highest BCUT2D eigenvalue weighted by Gasteiger charge is 2.31. The van der Waals surface area contributed by atoms with Gasteiger partial charge in [-0.2, -0.15) is 0 Å². The summed E-state index contributed by atoms with van der Waals surface area (Å²) >= 11 is 12.3. The van der Waals surface area contributed by atoms with Crippen LogP contribution < -0.4 is 10.5 Å². The number of likely N-dealkylation sites (tertiary alicyclic amines) is 1. The number of aliphatic hydroxyl groups is 2. The number of β-amino-alcohol motifs (C(OH)–C–C–N with tert-alkyl or cyclic N) is 1. The Morgan fingerprint density at radius 1 is 1.21 bits per heavy atom. The number of nitrogens with two attached hydrogens (primary N) is 1. The number of aliphatic hydroxyl groups excluding tert-OH is 1. The van der Waals surface area contributed by atoms with E-state index in [9.17, 15) is 14.6 Å². The van der Waals surface area contributed by atoms with Gasteiger partial charge in [0.05, 0.1) is 15.6 Å². The summed E-state index contributed by atoms with van der Waals surface area (Å²) in [7, 11) is 0. The predicted molar refractivity (Wildman–Crippen MR) is 113 cm³/mol. The fourth-order valence-corrected chi connectivity index (χ4v) is 3.84. The van der Waals surface area contributed by atoms with Crippen LogP contribution >= 0.6 is 23.2 Å². The third-order valence-corrected chi connectivity index (χ3v) is 6.03. The third kappa shape index (κ3) is 5.81. The molecule has 0 aliphatic carbocycles. The molecule has 0 spiro atoms. The van der Waals surface area contributed by atoms with E-state index in [0.717, 1.165) is 0 Å². The molecule has 8 heteroatoms.